The average molecular weight is 436 g/mol. The van der Waals surface area contributed by atoms with Crippen LogP contribution in [0.15, 0.2) is 72.8 Å². The molecule has 0 aliphatic heterocycles. The van der Waals surface area contributed by atoms with E-state index in [2.05, 4.69) is 10.3 Å². The predicted octanol–water partition coefficient (Wildman–Crippen LogP) is 6.72. The number of pyridine rings is 1. The Morgan fingerprint density at radius 3 is 2.06 bits per heavy atom. The van der Waals surface area contributed by atoms with Crippen molar-refractivity contribution in [1.82, 2.24) is 4.98 Å². The van der Waals surface area contributed by atoms with E-state index in [0.29, 0.717) is 11.3 Å². The maximum absolute atomic E-state index is 13.1. The number of halogens is 3. The molecule has 0 spiro atoms. The van der Waals surface area contributed by atoms with Crippen molar-refractivity contribution in [1.29, 1.82) is 0 Å². The number of rotatable bonds is 5. The second kappa shape index (κ2) is 8.34. The van der Waals surface area contributed by atoms with E-state index in [9.17, 15) is 23.1 Å². The van der Waals surface area contributed by atoms with Gasteiger partial charge in [-0.05, 0) is 54.4 Å². The first kappa shape index (κ1) is 21.4. The van der Waals surface area contributed by atoms with Gasteiger partial charge in [-0.1, -0.05) is 36.4 Å². The Balaban J connectivity index is 1.72. The van der Waals surface area contributed by atoms with Gasteiger partial charge in [0, 0.05) is 23.2 Å². The van der Waals surface area contributed by atoms with E-state index in [0.717, 1.165) is 35.5 Å². The first-order valence-corrected chi connectivity index (χ1v) is 9.96. The normalized spacial score (nSPS) is 11.5. The molecule has 4 rings (SSSR count). The SMILES string of the molecule is CCNc1ccc(-c2ccc(-c3cc(C(=O)O)c4cc(C(F)(F)F)ccc4n3)cc2)cc1. The highest BCUT2D eigenvalue weighted by atomic mass is 19.4. The van der Waals surface area contributed by atoms with E-state index >= 15 is 0 Å². The number of anilines is 1. The summed E-state index contributed by atoms with van der Waals surface area (Å²) in [6.45, 7) is 2.86. The van der Waals surface area contributed by atoms with Gasteiger partial charge in [-0.25, -0.2) is 9.78 Å². The van der Waals surface area contributed by atoms with Crippen LogP contribution in [0.2, 0.25) is 0 Å². The molecule has 3 aromatic carbocycles. The van der Waals surface area contributed by atoms with Crippen LogP contribution < -0.4 is 5.32 Å². The Morgan fingerprint density at radius 1 is 0.906 bits per heavy atom. The summed E-state index contributed by atoms with van der Waals surface area (Å²) in [5.41, 5.74) is 3.14. The molecule has 0 aliphatic rings. The summed E-state index contributed by atoms with van der Waals surface area (Å²) < 4.78 is 39.2. The van der Waals surface area contributed by atoms with Crippen LogP contribution in [0, 0.1) is 0 Å². The number of nitrogens with one attached hydrogen (secondary N) is 1. The molecule has 32 heavy (non-hydrogen) atoms. The lowest BCUT2D eigenvalue weighted by molar-refractivity contribution is -0.137. The number of carbonyl (C=O) groups is 1. The Morgan fingerprint density at radius 2 is 1.50 bits per heavy atom. The van der Waals surface area contributed by atoms with E-state index in [4.69, 9.17) is 0 Å². The number of nitrogens with zero attached hydrogens (tertiary/aromatic N) is 1. The third-order valence-electron chi connectivity index (χ3n) is 5.15. The molecule has 0 aliphatic carbocycles. The highest BCUT2D eigenvalue weighted by molar-refractivity contribution is 6.04. The van der Waals surface area contributed by atoms with E-state index in [1.807, 2.05) is 55.5 Å². The lowest BCUT2D eigenvalue weighted by Crippen LogP contribution is -2.06. The van der Waals surface area contributed by atoms with Crippen molar-refractivity contribution >= 4 is 22.6 Å². The van der Waals surface area contributed by atoms with Crippen LogP contribution in [0.1, 0.15) is 22.8 Å². The zero-order valence-electron chi connectivity index (χ0n) is 17.1. The fourth-order valence-electron chi connectivity index (χ4n) is 3.55. The molecule has 2 N–H and O–H groups in total. The van der Waals surface area contributed by atoms with Gasteiger partial charge in [-0.15, -0.1) is 0 Å². The van der Waals surface area contributed by atoms with Gasteiger partial charge >= 0.3 is 12.1 Å². The fourth-order valence-corrected chi connectivity index (χ4v) is 3.55. The molecular weight excluding hydrogens is 417 g/mol. The van der Waals surface area contributed by atoms with Gasteiger partial charge < -0.3 is 10.4 Å². The Kier molecular flexibility index (Phi) is 5.57. The van der Waals surface area contributed by atoms with Crippen molar-refractivity contribution in [2.24, 2.45) is 0 Å². The van der Waals surface area contributed by atoms with Gasteiger partial charge in [0.05, 0.1) is 22.3 Å². The summed E-state index contributed by atoms with van der Waals surface area (Å²) in [5.74, 6) is -1.31. The average Bonchev–Trinajstić information content (AvgIpc) is 2.78. The van der Waals surface area contributed by atoms with E-state index in [1.165, 1.54) is 12.1 Å². The van der Waals surface area contributed by atoms with E-state index in [1.54, 1.807) is 0 Å². The van der Waals surface area contributed by atoms with Crippen LogP contribution in [0.3, 0.4) is 0 Å². The van der Waals surface area contributed by atoms with E-state index in [-0.39, 0.29) is 16.5 Å². The minimum absolute atomic E-state index is 0.0477. The molecule has 0 bridgehead atoms. The molecule has 162 valence electrons. The van der Waals surface area contributed by atoms with Crippen molar-refractivity contribution in [3.63, 3.8) is 0 Å². The highest BCUT2D eigenvalue weighted by Crippen LogP contribution is 2.33. The second-order valence-electron chi connectivity index (χ2n) is 7.27. The number of carboxylic acids is 1. The van der Waals surface area contributed by atoms with Gasteiger partial charge in [-0.2, -0.15) is 13.2 Å². The van der Waals surface area contributed by atoms with Crippen LogP contribution >= 0.6 is 0 Å². The molecule has 0 radical (unpaired) electrons. The summed E-state index contributed by atoms with van der Waals surface area (Å²) in [6, 6.07) is 19.7. The smallest absolute Gasteiger partial charge is 0.416 e. The quantitative estimate of drug-likeness (QED) is 0.365. The maximum Gasteiger partial charge on any atom is 0.416 e. The van der Waals surface area contributed by atoms with Gasteiger partial charge in [0.15, 0.2) is 0 Å². The standard InChI is InChI=1S/C25H19F3N2O2/c1-2-29-19-10-7-16(8-11-19)15-3-5-17(6-4-15)23-14-21(24(31)32)20-13-18(25(26,27)28)9-12-22(20)30-23/h3-14,29H,2H2,1H3,(H,31,32). The second-order valence-corrected chi connectivity index (χ2v) is 7.27. The highest BCUT2D eigenvalue weighted by Gasteiger charge is 2.31. The number of hydrogen-bond donors (Lipinski definition) is 2. The molecule has 0 saturated heterocycles. The van der Waals surface area contributed by atoms with E-state index < -0.39 is 17.7 Å². The van der Waals surface area contributed by atoms with Crippen molar-refractivity contribution in [3.05, 3.63) is 83.9 Å². The lowest BCUT2D eigenvalue weighted by atomic mass is 9.99. The minimum atomic E-state index is -4.57. The summed E-state index contributed by atoms with van der Waals surface area (Å²) in [4.78, 5) is 16.2. The molecule has 0 saturated carbocycles. The molecule has 1 aromatic heterocycles. The Labute approximate surface area is 182 Å². The van der Waals surface area contributed by atoms with Gasteiger partial charge in [0.1, 0.15) is 0 Å². The number of fused-ring (bicyclic) bond motifs is 1. The third kappa shape index (κ3) is 4.27. The topological polar surface area (TPSA) is 62.2 Å². The van der Waals surface area contributed by atoms with Crippen LogP contribution in [-0.2, 0) is 6.18 Å². The monoisotopic (exact) mass is 436 g/mol. The Bertz CT molecular complexity index is 1280. The summed E-state index contributed by atoms with van der Waals surface area (Å²) in [7, 11) is 0. The van der Waals surface area contributed by atoms with Crippen LogP contribution in [0.4, 0.5) is 18.9 Å². The first-order chi connectivity index (χ1) is 15.3. The van der Waals surface area contributed by atoms with Gasteiger partial charge in [0.25, 0.3) is 0 Å². The van der Waals surface area contributed by atoms with Crippen molar-refractivity contribution in [2.45, 2.75) is 13.1 Å². The number of hydrogen-bond acceptors (Lipinski definition) is 3. The first-order valence-electron chi connectivity index (χ1n) is 9.96. The number of benzene rings is 3. The van der Waals surface area contributed by atoms with Crippen molar-refractivity contribution < 1.29 is 23.1 Å². The summed E-state index contributed by atoms with van der Waals surface area (Å²) >= 11 is 0. The van der Waals surface area contributed by atoms with Gasteiger partial charge in [0.2, 0.25) is 0 Å². The zero-order chi connectivity index (χ0) is 22.9. The Hall–Kier alpha value is -3.87. The fraction of sp³-hybridized carbons (Fsp3) is 0.120. The van der Waals surface area contributed by atoms with Gasteiger partial charge in [-0.3, -0.25) is 0 Å². The molecule has 0 atom stereocenters. The van der Waals surface area contributed by atoms with Crippen LogP contribution in [0.5, 0.6) is 0 Å². The van der Waals surface area contributed by atoms with Crippen LogP contribution in [-0.4, -0.2) is 22.6 Å². The van der Waals surface area contributed by atoms with Crippen LogP contribution in [0.25, 0.3) is 33.3 Å². The molecule has 4 aromatic rings. The molecule has 7 heteroatoms. The predicted molar refractivity (Wildman–Crippen MR) is 119 cm³/mol. The van der Waals surface area contributed by atoms with Crippen molar-refractivity contribution in [3.8, 4) is 22.4 Å². The number of aromatic carboxylic acids is 1. The number of carboxylic acid groups (broad SMARTS) is 1. The third-order valence-corrected chi connectivity index (χ3v) is 5.15. The van der Waals surface area contributed by atoms with Crippen molar-refractivity contribution in [2.75, 3.05) is 11.9 Å². The number of alkyl halides is 3. The molecule has 4 nitrogen and oxygen atoms in total. The lowest BCUT2D eigenvalue weighted by Gasteiger charge is -2.11. The molecule has 0 unspecified atom stereocenters. The molecule has 0 amide bonds. The summed E-state index contributed by atoms with van der Waals surface area (Å²) in [6.07, 6.45) is -4.57. The summed E-state index contributed by atoms with van der Waals surface area (Å²) in [5, 5.41) is 12.8. The maximum atomic E-state index is 13.1. The largest absolute Gasteiger partial charge is 0.478 e. The molecule has 1 heterocycles. The molecular formula is C25H19F3N2O2. The minimum Gasteiger partial charge on any atom is -0.478 e. The number of aromatic nitrogens is 1. The zero-order valence-corrected chi connectivity index (χ0v) is 17.1. The molecule has 0 fully saturated rings.